The minimum atomic E-state index is 0.326. The summed E-state index contributed by atoms with van der Waals surface area (Å²) in [7, 11) is 1.71. The molecule has 1 aromatic heterocycles. The van der Waals surface area contributed by atoms with Gasteiger partial charge in [-0.15, -0.1) is 0 Å². The van der Waals surface area contributed by atoms with E-state index in [4.69, 9.17) is 4.74 Å². The zero-order valence-electron chi connectivity index (χ0n) is 11.9. The highest BCUT2D eigenvalue weighted by molar-refractivity contribution is 5.31. The molecule has 0 aliphatic heterocycles. The van der Waals surface area contributed by atoms with Crippen molar-refractivity contribution < 1.29 is 4.74 Å². The predicted octanol–water partition coefficient (Wildman–Crippen LogP) is 3.92. The van der Waals surface area contributed by atoms with Crippen LogP contribution in [0.15, 0.2) is 43.0 Å². The Hall–Kier alpha value is -1.77. The third-order valence-corrected chi connectivity index (χ3v) is 3.78. The Morgan fingerprint density at radius 2 is 2.05 bits per heavy atom. The van der Waals surface area contributed by atoms with Crippen LogP contribution in [0.25, 0.3) is 0 Å². The van der Waals surface area contributed by atoms with Crippen LogP contribution in [-0.2, 0) is 0 Å². The summed E-state index contributed by atoms with van der Waals surface area (Å²) in [4.78, 5) is 4.19. The van der Waals surface area contributed by atoms with Crippen LogP contribution < -0.4 is 4.74 Å². The quantitative estimate of drug-likeness (QED) is 0.785. The molecule has 1 unspecified atom stereocenters. The highest BCUT2D eigenvalue weighted by atomic mass is 16.5. The fraction of sp³-hybridized carbons (Fsp3) is 0.438. The van der Waals surface area contributed by atoms with E-state index in [1.165, 1.54) is 5.56 Å². The van der Waals surface area contributed by atoms with Crippen LogP contribution in [0.3, 0.4) is 0 Å². The van der Waals surface area contributed by atoms with Gasteiger partial charge in [-0.1, -0.05) is 38.8 Å². The molecule has 1 heterocycles. The number of nitrogens with zero attached hydrogens (tertiary/aromatic N) is 2. The highest BCUT2D eigenvalue weighted by Crippen LogP contribution is 2.32. The van der Waals surface area contributed by atoms with E-state index in [1.807, 2.05) is 24.8 Å². The number of methoxy groups -OCH3 is 1. The van der Waals surface area contributed by atoms with Crippen molar-refractivity contribution in [3.8, 4) is 5.75 Å². The minimum absolute atomic E-state index is 0.326. The molecule has 0 bridgehead atoms. The Labute approximate surface area is 115 Å². The molecule has 2 rings (SSSR count). The third kappa shape index (κ3) is 2.98. The number of ether oxygens (including phenoxy) is 1. The van der Waals surface area contributed by atoms with Crippen molar-refractivity contribution in [2.75, 3.05) is 7.11 Å². The number of aromatic nitrogens is 2. The van der Waals surface area contributed by atoms with Crippen LogP contribution in [0, 0.1) is 5.92 Å². The number of hydrogen-bond donors (Lipinski definition) is 0. The second kappa shape index (κ2) is 6.41. The first kappa shape index (κ1) is 13.7. The van der Waals surface area contributed by atoms with Crippen molar-refractivity contribution in [2.45, 2.75) is 32.7 Å². The molecule has 0 saturated heterocycles. The molecule has 3 heteroatoms. The van der Waals surface area contributed by atoms with Crippen LogP contribution in [0.4, 0.5) is 0 Å². The Balaban J connectivity index is 2.41. The van der Waals surface area contributed by atoms with E-state index >= 15 is 0 Å². The van der Waals surface area contributed by atoms with Crippen molar-refractivity contribution in [2.24, 2.45) is 5.92 Å². The molecular formula is C16H22N2O. The molecule has 0 aliphatic carbocycles. The van der Waals surface area contributed by atoms with Crippen molar-refractivity contribution in [3.05, 3.63) is 48.5 Å². The molecule has 0 saturated carbocycles. The fourth-order valence-corrected chi connectivity index (χ4v) is 2.68. The van der Waals surface area contributed by atoms with Gasteiger partial charge in [-0.2, -0.15) is 0 Å². The maximum Gasteiger partial charge on any atom is 0.119 e. The highest BCUT2D eigenvalue weighted by Gasteiger charge is 2.22. The molecule has 0 radical (unpaired) electrons. The first-order valence-corrected chi connectivity index (χ1v) is 6.91. The minimum Gasteiger partial charge on any atom is -0.497 e. The first-order chi connectivity index (χ1) is 9.30. The van der Waals surface area contributed by atoms with E-state index in [0.29, 0.717) is 12.0 Å². The Morgan fingerprint density at radius 1 is 1.26 bits per heavy atom. The molecule has 1 aromatic carbocycles. The third-order valence-electron chi connectivity index (χ3n) is 3.78. The summed E-state index contributed by atoms with van der Waals surface area (Å²) in [6, 6.07) is 8.67. The number of hydrogen-bond acceptors (Lipinski definition) is 2. The van der Waals surface area contributed by atoms with Crippen LogP contribution >= 0.6 is 0 Å². The van der Waals surface area contributed by atoms with Gasteiger partial charge in [-0.3, -0.25) is 0 Å². The lowest BCUT2D eigenvalue weighted by atomic mass is 9.88. The van der Waals surface area contributed by atoms with Crippen LogP contribution in [-0.4, -0.2) is 16.7 Å². The van der Waals surface area contributed by atoms with Crippen LogP contribution in [0.5, 0.6) is 5.75 Å². The largest absolute Gasteiger partial charge is 0.497 e. The maximum absolute atomic E-state index is 5.34. The van der Waals surface area contributed by atoms with E-state index in [9.17, 15) is 0 Å². The van der Waals surface area contributed by atoms with Gasteiger partial charge in [0.25, 0.3) is 0 Å². The lowest BCUT2D eigenvalue weighted by Crippen LogP contribution is -2.19. The summed E-state index contributed by atoms with van der Waals surface area (Å²) in [6.45, 7) is 4.50. The van der Waals surface area contributed by atoms with E-state index in [1.54, 1.807) is 7.11 Å². The SMILES string of the molecule is CCC(CC)C(c1cccc(OC)c1)n1ccnc1. The van der Waals surface area contributed by atoms with Crippen LogP contribution in [0.1, 0.15) is 38.3 Å². The molecule has 0 fully saturated rings. The monoisotopic (exact) mass is 258 g/mol. The second-order valence-electron chi connectivity index (χ2n) is 4.81. The maximum atomic E-state index is 5.34. The molecule has 19 heavy (non-hydrogen) atoms. The van der Waals surface area contributed by atoms with Gasteiger partial charge in [0.15, 0.2) is 0 Å². The van der Waals surface area contributed by atoms with Crippen molar-refractivity contribution in [3.63, 3.8) is 0 Å². The number of benzene rings is 1. The molecule has 0 aliphatic rings. The van der Waals surface area contributed by atoms with Gasteiger partial charge >= 0.3 is 0 Å². The normalized spacial score (nSPS) is 12.6. The van der Waals surface area contributed by atoms with E-state index in [-0.39, 0.29) is 0 Å². The molecular weight excluding hydrogens is 236 g/mol. The Bertz CT molecular complexity index is 489. The average molecular weight is 258 g/mol. The van der Waals surface area contributed by atoms with Gasteiger partial charge in [0.2, 0.25) is 0 Å². The summed E-state index contributed by atoms with van der Waals surface area (Å²) < 4.78 is 7.55. The second-order valence-corrected chi connectivity index (χ2v) is 4.81. The van der Waals surface area contributed by atoms with Crippen LogP contribution in [0.2, 0.25) is 0 Å². The average Bonchev–Trinajstić information content (AvgIpc) is 2.98. The molecule has 0 spiro atoms. The van der Waals surface area contributed by atoms with Gasteiger partial charge in [0.05, 0.1) is 19.5 Å². The van der Waals surface area contributed by atoms with Crippen molar-refractivity contribution >= 4 is 0 Å². The zero-order valence-corrected chi connectivity index (χ0v) is 11.9. The van der Waals surface area contributed by atoms with Crippen molar-refractivity contribution in [1.82, 2.24) is 9.55 Å². The lowest BCUT2D eigenvalue weighted by Gasteiger charge is -2.27. The standard InChI is InChI=1S/C16H22N2O/c1-4-13(5-2)16(18-10-9-17-12-18)14-7-6-8-15(11-14)19-3/h6-13,16H,4-5H2,1-3H3. The first-order valence-electron chi connectivity index (χ1n) is 6.91. The fourth-order valence-electron chi connectivity index (χ4n) is 2.68. The summed E-state index contributed by atoms with van der Waals surface area (Å²) in [5, 5.41) is 0. The van der Waals surface area contributed by atoms with Crippen molar-refractivity contribution in [1.29, 1.82) is 0 Å². The lowest BCUT2D eigenvalue weighted by molar-refractivity contribution is 0.353. The molecule has 102 valence electrons. The zero-order chi connectivity index (χ0) is 13.7. The number of rotatable bonds is 6. The van der Waals surface area contributed by atoms with E-state index < -0.39 is 0 Å². The van der Waals surface area contributed by atoms with Gasteiger partial charge in [-0.25, -0.2) is 4.98 Å². The van der Waals surface area contributed by atoms with E-state index in [2.05, 4.69) is 41.6 Å². The summed E-state index contributed by atoms with van der Waals surface area (Å²) >= 11 is 0. The molecule has 2 aromatic rings. The van der Waals surface area contributed by atoms with E-state index in [0.717, 1.165) is 18.6 Å². The Morgan fingerprint density at radius 3 is 2.63 bits per heavy atom. The predicted molar refractivity (Wildman–Crippen MR) is 77.4 cm³/mol. The summed E-state index contributed by atoms with van der Waals surface area (Å²) in [5.41, 5.74) is 1.28. The topological polar surface area (TPSA) is 27.1 Å². The molecule has 0 N–H and O–H groups in total. The number of imidazole rings is 1. The van der Waals surface area contributed by atoms with Gasteiger partial charge in [0, 0.05) is 12.4 Å². The summed E-state index contributed by atoms with van der Waals surface area (Å²) in [6.07, 6.45) is 8.09. The molecule has 0 amide bonds. The molecule has 3 nitrogen and oxygen atoms in total. The Kier molecular flexibility index (Phi) is 4.61. The van der Waals surface area contributed by atoms with Gasteiger partial charge < -0.3 is 9.30 Å². The van der Waals surface area contributed by atoms with Gasteiger partial charge in [0.1, 0.15) is 5.75 Å². The smallest absolute Gasteiger partial charge is 0.119 e. The molecule has 1 atom stereocenters. The summed E-state index contributed by atoms with van der Waals surface area (Å²) in [5.74, 6) is 1.51. The van der Waals surface area contributed by atoms with Gasteiger partial charge in [-0.05, 0) is 23.6 Å².